The van der Waals surface area contributed by atoms with Crippen LogP contribution in [-0.2, 0) is 10.0 Å². The van der Waals surface area contributed by atoms with Crippen molar-refractivity contribution in [2.45, 2.75) is 37.1 Å². The number of amides is 1. The molecule has 0 saturated carbocycles. The zero-order valence-electron chi connectivity index (χ0n) is 15.7. The number of aromatic nitrogens is 2. The second-order valence-corrected chi connectivity index (χ2v) is 8.41. The summed E-state index contributed by atoms with van der Waals surface area (Å²) in [4.78, 5) is 22.6. The summed E-state index contributed by atoms with van der Waals surface area (Å²) in [6, 6.07) is 5.77. The van der Waals surface area contributed by atoms with E-state index >= 15 is 0 Å². The van der Waals surface area contributed by atoms with Gasteiger partial charge in [0.2, 0.25) is 5.92 Å². The summed E-state index contributed by atoms with van der Waals surface area (Å²) in [5.74, 6) is -2.96. The van der Waals surface area contributed by atoms with Gasteiger partial charge in [0, 0.05) is 49.6 Å². The van der Waals surface area contributed by atoms with Crippen LogP contribution in [0.5, 0.6) is 0 Å². The summed E-state index contributed by atoms with van der Waals surface area (Å²) in [7, 11) is -4.03. The van der Waals surface area contributed by atoms with Gasteiger partial charge in [-0.1, -0.05) is 0 Å². The molecule has 2 aromatic rings. The van der Waals surface area contributed by atoms with Crippen LogP contribution in [0.25, 0.3) is 0 Å². The normalized spacial score (nSPS) is 16.9. The van der Waals surface area contributed by atoms with Gasteiger partial charge in [-0.3, -0.25) is 4.79 Å². The molecule has 1 aliphatic heterocycles. The Hall–Kier alpha value is -2.66. The molecule has 0 atom stereocenters. The van der Waals surface area contributed by atoms with Crippen LogP contribution in [0.2, 0.25) is 0 Å². The highest BCUT2D eigenvalue weighted by molar-refractivity contribution is 7.89. The topological polar surface area (TPSA) is 118 Å². The molecule has 0 aliphatic carbocycles. The van der Waals surface area contributed by atoms with Crippen molar-refractivity contribution in [3.63, 3.8) is 0 Å². The van der Waals surface area contributed by atoms with Gasteiger partial charge in [0.05, 0.1) is 5.56 Å². The maximum atomic E-state index is 13.7. The molecule has 3 N–H and O–H groups in total. The number of nitrogens with zero attached hydrogens (tertiary/aromatic N) is 3. The molecule has 8 nitrogen and oxygen atoms in total. The molecule has 0 radical (unpaired) electrons. The van der Waals surface area contributed by atoms with Gasteiger partial charge >= 0.3 is 0 Å². The molecule has 0 aromatic carbocycles. The van der Waals surface area contributed by atoms with E-state index in [1.165, 1.54) is 12.3 Å². The van der Waals surface area contributed by atoms with E-state index in [2.05, 4.69) is 15.3 Å². The van der Waals surface area contributed by atoms with Crippen LogP contribution >= 0.6 is 0 Å². The Morgan fingerprint density at radius 1 is 1.24 bits per heavy atom. The van der Waals surface area contributed by atoms with E-state index in [1.54, 1.807) is 24.0 Å². The number of pyridine rings is 2. The molecular weight excluding hydrogens is 404 g/mol. The molecule has 0 unspecified atom stereocenters. The lowest BCUT2D eigenvalue weighted by atomic mass is 10.1. The fraction of sp³-hybridized carbons (Fsp3) is 0.389. The molecule has 0 bridgehead atoms. The molecule has 3 heterocycles. The monoisotopic (exact) mass is 425 g/mol. The first-order chi connectivity index (χ1) is 13.5. The molecule has 1 saturated heterocycles. The Balaban J connectivity index is 1.88. The Kier molecular flexibility index (Phi) is 5.80. The largest absolute Gasteiger partial charge is 0.356 e. The van der Waals surface area contributed by atoms with Crippen molar-refractivity contribution in [1.82, 2.24) is 9.97 Å². The zero-order valence-corrected chi connectivity index (χ0v) is 16.5. The Labute approximate surface area is 167 Å². The standard InChI is InChI=1S/C18H21F2N5O3S/c1-12-3-4-14(16(23-12)25-9-2-6-18(19,20)7-10-25)17(26)24-13-5-8-22-15(11-13)29(21,27)28/h3-5,8,11H,2,6-7,9-10H2,1H3,(H2,21,27,28)(H,22,24,26). The van der Waals surface area contributed by atoms with Crippen LogP contribution in [0.1, 0.15) is 35.3 Å². The first kappa shape index (κ1) is 21.1. The van der Waals surface area contributed by atoms with Gasteiger partial charge in [0.15, 0.2) is 5.03 Å². The van der Waals surface area contributed by atoms with E-state index in [0.29, 0.717) is 18.1 Å². The van der Waals surface area contributed by atoms with Crippen molar-refractivity contribution >= 4 is 27.4 Å². The molecule has 11 heteroatoms. The van der Waals surface area contributed by atoms with Gasteiger partial charge in [-0.25, -0.2) is 32.3 Å². The molecule has 0 spiro atoms. The average molecular weight is 425 g/mol. The fourth-order valence-corrected chi connectivity index (χ4v) is 3.58. The number of halogens is 2. The minimum Gasteiger partial charge on any atom is -0.356 e. The first-order valence-electron chi connectivity index (χ1n) is 8.96. The SMILES string of the molecule is Cc1ccc(C(=O)Nc2ccnc(S(N)(=O)=O)c2)c(N2CCCC(F)(F)CC2)n1. The van der Waals surface area contributed by atoms with Crippen molar-refractivity contribution in [3.8, 4) is 0 Å². The molecule has 29 heavy (non-hydrogen) atoms. The van der Waals surface area contributed by atoms with E-state index in [4.69, 9.17) is 5.14 Å². The minimum absolute atomic E-state index is 0.0779. The minimum atomic E-state index is -4.03. The molecular formula is C18H21F2N5O3S. The van der Waals surface area contributed by atoms with Gasteiger partial charge in [-0.2, -0.15) is 0 Å². The Morgan fingerprint density at radius 2 is 2.00 bits per heavy atom. The third-order valence-corrected chi connectivity index (χ3v) is 5.37. The van der Waals surface area contributed by atoms with Crippen LogP contribution in [0.15, 0.2) is 35.5 Å². The Morgan fingerprint density at radius 3 is 2.72 bits per heavy atom. The second-order valence-electron chi connectivity index (χ2n) is 6.90. The molecule has 3 rings (SSSR count). The van der Waals surface area contributed by atoms with E-state index in [-0.39, 0.29) is 42.1 Å². The van der Waals surface area contributed by atoms with Crippen molar-refractivity contribution < 1.29 is 22.0 Å². The number of aryl methyl sites for hydroxylation is 1. The van der Waals surface area contributed by atoms with Crippen LogP contribution in [0.3, 0.4) is 0 Å². The summed E-state index contributed by atoms with van der Waals surface area (Å²) in [6.07, 6.45) is 0.974. The highest BCUT2D eigenvalue weighted by Crippen LogP contribution is 2.31. The van der Waals surface area contributed by atoms with Gasteiger partial charge in [0.25, 0.3) is 15.9 Å². The fourth-order valence-electron chi connectivity index (χ4n) is 3.08. The van der Waals surface area contributed by atoms with Crippen molar-refractivity contribution in [1.29, 1.82) is 0 Å². The lowest BCUT2D eigenvalue weighted by molar-refractivity contribution is -0.0102. The number of hydrogen-bond acceptors (Lipinski definition) is 6. The Bertz CT molecular complexity index is 1030. The molecule has 1 aliphatic rings. The first-order valence-corrected chi connectivity index (χ1v) is 10.5. The summed E-state index contributed by atoms with van der Waals surface area (Å²) in [5, 5.41) is 7.27. The van der Waals surface area contributed by atoms with Crippen LogP contribution in [0, 0.1) is 6.92 Å². The lowest BCUT2D eigenvalue weighted by Gasteiger charge is -2.24. The second kappa shape index (κ2) is 7.99. The molecule has 1 amide bonds. The van der Waals surface area contributed by atoms with Crippen LogP contribution in [0.4, 0.5) is 20.3 Å². The number of nitrogens with two attached hydrogens (primary N) is 1. The van der Waals surface area contributed by atoms with E-state index in [0.717, 1.165) is 6.07 Å². The number of sulfonamides is 1. The maximum Gasteiger partial charge on any atom is 0.259 e. The average Bonchev–Trinajstić information content (AvgIpc) is 2.81. The maximum absolute atomic E-state index is 13.7. The van der Waals surface area contributed by atoms with Crippen LogP contribution < -0.4 is 15.4 Å². The van der Waals surface area contributed by atoms with Gasteiger partial charge in [-0.15, -0.1) is 0 Å². The highest BCUT2D eigenvalue weighted by atomic mass is 32.2. The number of carbonyl (C=O) groups is 1. The number of carbonyl (C=O) groups excluding carboxylic acids is 1. The number of primary sulfonamides is 1. The molecule has 1 fully saturated rings. The summed E-state index contributed by atoms with van der Waals surface area (Å²) < 4.78 is 50.3. The summed E-state index contributed by atoms with van der Waals surface area (Å²) in [6.45, 7) is 2.19. The lowest BCUT2D eigenvalue weighted by Crippen LogP contribution is -2.29. The van der Waals surface area contributed by atoms with Crippen LogP contribution in [-0.4, -0.2) is 43.3 Å². The number of rotatable bonds is 4. The quantitative estimate of drug-likeness (QED) is 0.776. The predicted molar refractivity (Wildman–Crippen MR) is 104 cm³/mol. The van der Waals surface area contributed by atoms with Crippen molar-refractivity contribution in [2.24, 2.45) is 5.14 Å². The smallest absolute Gasteiger partial charge is 0.259 e. The number of anilines is 2. The summed E-state index contributed by atoms with van der Waals surface area (Å²) in [5.41, 5.74) is 1.03. The highest BCUT2D eigenvalue weighted by Gasteiger charge is 2.33. The van der Waals surface area contributed by atoms with Gasteiger partial charge in [0.1, 0.15) is 5.82 Å². The number of nitrogens with one attached hydrogen (secondary N) is 1. The predicted octanol–water partition coefficient (Wildman–Crippen LogP) is 2.31. The summed E-state index contributed by atoms with van der Waals surface area (Å²) >= 11 is 0. The van der Waals surface area contributed by atoms with E-state index in [9.17, 15) is 22.0 Å². The van der Waals surface area contributed by atoms with E-state index < -0.39 is 21.9 Å². The van der Waals surface area contributed by atoms with Gasteiger partial charge in [-0.05, 0) is 31.5 Å². The number of alkyl halides is 2. The molecule has 2 aromatic heterocycles. The van der Waals surface area contributed by atoms with Gasteiger partial charge < -0.3 is 10.2 Å². The number of hydrogen-bond donors (Lipinski definition) is 2. The van der Waals surface area contributed by atoms with Crippen molar-refractivity contribution in [2.75, 3.05) is 23.3 Å². The zero-order chi connectivity index (χ0) is 21.2. The third-order valence-electron chi connectivity index (χ3n) is 4.56. The third kappa shape index (κ3) is 5.24. The molecule has 156 valence electrons. The van der Waals surface area contributed by atoms with E-state index in [1.807, 2.05) is 0 Å². The van der Waals surface area contributed by atoms with Crippen molar-refractivity contribution in [3.05, 3.63) is 41.7 Å².